The average molecular weight is 303 g/mol. The first kappa shape index (κ1) is 15.8. The van der Waals surface area contributed by atoms with Crippen LogP contribution in [-0.4, -0.2) is 18.5 Å². The Morgan fingerprint density at radius 3 is 2.52 bits per heavy atom. The van der Waals surface area contributed by atoms with E-state index in [4.69, 9.17) is 0 Å². The summed E-state index contributed by atoms with van der Waals surface area (Å²) < 4.78 is 0. The van der Waals surface area contributed by atoms with Gasteiger partial charge in [-0.3, -0.25) is 4.90 Å². The topological polar surface area (TPSA) is 3.24 Å². The Morgan fingerprint density at radius 2 is 1.70 bits per heavy atom. The number of rotatable bonds is 3. The van der Waals surface area contributed by atoms with Crippen LogP contribution in [0.25, 0.3) is 0 Å². The van der Waals surface area contributed by atoms with Gasteiger partial charge in [-0.1, -0.05) is 54.7 Å². The minimum absolute atomic E-state index is 0.798. The van der Waals surface area contributed by atoms with E-state index < -0.39 is 0 Å². The second kappa shape index (κ2) is 7.99. The highest BCUT2D eigenvalue weighted by atomic mass is 15.1. The Labute approximate surface area is 140 Å². The SMILES string of the molecule is CN(CC#Cc1ccccc1)Cc1ccc2c(c1)CCCCC2. The molecule has 1 aliphatic carbocycles. The Balaban J connectivity index is 1.59. The predicted molar refractivity (Wildman–Crippen MR) is 97.4 cm³/mol. The Hall–Kier alpha value is -2.04. The zero-order valence-corrected chi connectivity index (χ0v) is 14.0. The lowest BCUT2D eigenvalue weighted by Gasteiger charge is -2.15. The van der Waals surface area contributed by atoms with Gasteiger partial charge >= 0.3 is 0 Å². The van der Waals surface area contributed by atoms with Gasteiger partial charge in [-0.25, -0.2) is 0 Å². The molecule has 2 aromatic carbocycles. The number of hydrogen-bond acceptors (Lipinski definition) is 1. The summed E-state index contributed by atoms with van der Waals surface area (Å²) in [6.07, 6.45) is 6.57. The predicted octanol–water partition coefficient (Wildman–Crippen LogP) is 4.44. The van der Waals surface area contributed by atoms with Crippen molar-refractivity contribution in [3.63, 3.8) is 0 Å². The fourth-order valence-corrected chi connectivity index (χ4v) is 3.23. The molecule has 0 spiro atoms. The molecule has 0 fully saturated rings. The fraction of sp³-hybridized carbons (Fsp3) is 0.364. The normalized spacial score (nSPS) is 13.8. The summed E-state index contributed by atoms with van der Waals surface area (Å²) in [7, 11) is 2.14. The lowest BCUT2D eigenvalue weighted by atomic mass is 10.00. The largest absolute Gasteiger partial charge is 0.291 e. The maximum atomic E-state index is 3.27. The van der Waals surface area contributed by atoms with Gasteiger partial charge in [-0.15, -0.1) is 0 Å². The van der Waals surface area contributed by atoms with Crippen molar-refractivity contribution in [2.24, 2.45) is 0 Å². The Bertz CT molecular complexity index is 691. The van der Waals surface area contributed by atoms with Gasteiger partial charge in [-0.2, -0.15) is 0 Å². The molecule has 0 saturated carbocycles. The van der Waals surface area contributed by atoms with Crippen LogP contribution in [0.4, 0.5) is 0 Å². The molecule has 0 bridgehead atoms. The first-order chi connectivity index (χ1) is 11.3. The van der Waals surface area contributed by atoms with Crippen LogP contribution < -0.4 is 0 Å². The maximum Gasteiger partial charge on any atom is 0.0605 e. The molecule has 1 nitrogen and oxygen atoms in total. The number of benzene rings is 2. The fourth-order valence-electron chi connectivity index (χ4n) is 3.23. The second-order valence-electron chi connectivity index (χ2n) is 6.50. The molecule has 0 atom stereocenters. The van der Waals surface area contributed by atoms with Crippen molar-refractivity contribution in [1.82, 2.24) is 4.90 Å². The third-order valence-electron chi connectivity index (χ3n) is 4.47. The zero-order valence-electron chi connectivity index (χ0n) is 14.0. The van der Waals surface area contributed by atoms with Crippen molar-refractivity contribution in [1.29, 1.82) is 0 Å². The first-order valence-electron chi connectivity index (χ1n) is 8.64. The van der Waals surface area contributed by atoms with Crippen molar-refractivity contribution < 1.29 is 0 Å². The molecule has 0 radical (unpaired) electrons. The van der Waals surface area contributed by atoms with E-state index in [9.17, 15) is 0 Å². The summed E-state index contributed by atoms with van der Waals surface area (Å²) in [5.41, 5.74) is 5.64. The Kier molecular flexibility index (Phi) is 5.51. The van der Waals surface area contributed by atoms with Gasteiger partial charge in [0.2, 0.25) is 0 Å². The maximum absolute atomic E-state index is 3.27. The quantitative estimate of drug-likeness (QED) is 0.598. The summed E-state index contributed by atoms with van der Waals surface area (Å²) in [5, 5.41) is 0. The van der Waals surface area contributed by atoms with E-state index in [0.717, 1.165) is 18.7 Å². The molecule has 0 aliphatic heterocycles. The van der Waals surface area contributed by atoms with Crippen molar-refractivity contribution in [3.8, 4) is 11.8 Å². The van der Waals surface area contributed by atoms with Crippen molar-refractivity contribution in [3.05, 3.63) is 70.8 Å². The van der Waals surface area contributed by atoms with Crippen LogP contribution in [0.2, 0.25) is 0 Å². The summed E-state index contributed by atoms with van der Waals surface area (Å²) in [6, 6.07) is 17.3. The van der Waals surface area contributed by atoms with Crippen molar-refractivity contribution in [2.75, 3.05) is 13.6 Å². The van der Waals surface area contributed by atoms with E-state index >= 15 is 0 Å². The molecule has 0 N–H and O–H groups in total. The first-order valence-corrected chi connectivity index (χ1v) is 8.64. The Morgan fingerprint density at radius 1 is 0.913 bits per heavy atom. The molecule has 1 aliphatic rings. The molecule has 3 rings (SSSR count). The molecule has 2 aromatic rings. The van der Waals surface area contributed by atoms with Crippen LogP contribution in [0.15, 0.2) is 48.5 Å². The highest BCUT2D eigenvalue weighted by molar-refractivity contribution is 5.34. The lowest BCUT2D eigenvalue weighted by Crippen LogP contribution is -2.18. The summed E-state index contributed by atoms with van der Waals surface area (Å²) in [4.78, 5) is 2.29. The third kappa shape index (κ3) is 4.71. The van der Waals surface area contributed by atoms with Crippen molar-refractivity contribution in [2.45, 2.75) is 38.6 Å². The number of aryl methyl sites for hydroxylation is 2. The summed E-state index contributed by atoms with van der Waals surface area (Å²) >= 11 is 0. The van der Waals surface area contributed by atoms with E-state index in [2.05, 4.69) is 54.1 Å². The minimum atomic E-state index is 0.798. The van der Waals surface area contributed by atoms with E-state index in [0.29, 0.717) is 0 Å². The molecule has 0 saturated heterocycles. The molecule has 0 aromatic heterocycles. The van der Waals surface area contributed by atoms with Gasteiger partial charge in [-0.05, 0) is 61.6 Å². The van der Waals surface area contributed by atoms with Crippen molar-refractivity contribution >= 4 is 0 Å². The molecule has 23 heavy (non-hydrogen) atoms. The molecular formula is C22H25N. The van der Waals surface area contributed by atoms with Crippen LogP contribution in [0, 0.1) is 11.8 Å². The van der Waals surface area contributed by atoms with Crippen LogP contribution in [-0.2, 0) is 19.4 Å². The molecule has 118 valence electrons. The molecule has 0 amide bonds. The van der Waals surface area contributed by atoms with E-state index in [1.54, 1.807) is 11.1 Å². The van der Waals surface area contributed by atoms with Gasteiger partial charge in [0.25, 0.3) is 0 Å². The molecule has 1 heteroatoms. The second-order valence-corrected chi connectivity index (χ2v) is 6.50. The van der Waals surface area contributed by atoms with Gasteiger partial charge in [0.1, 0.15) is 0 Å². The van der Waals surface area contributed by atoms with Gasteiger partial charge in [0.15, 0.2) is 0 Å². The van der Waals surface area contributed by atoms with E-state index in [1.165, 1.54) is 37.7 Å². The zero-order chi connectivity index (χ0) is 15.9. The van der Waals surface area contributed by atoms with Gasteiger partial charge < -0.3 is 0 Å². The van der Waals surface area contributed by atoms with E-state index in [-0.39, 0.29) is 0 Å². The summed E-state index contributed by atoms with van der Waals surface area (Å²) in [5.74, 6) is 6.50. The number of fused-ring (bicyclic) bond motifs is 1. The van der Waals surface area contributed by atoms with Crippen LogP contribution >= 0.6 is 0 Å². The minimum Gasteiger partial charge on any atom is -0.291 e. The molecular weight excluding hydrogens is 278 g/mol. The highest BCUT2D eigenvalue weighted by Crippen LogP contribution is 2.22. The van der Waals surface area contributed by atoms with Gasteiger partial charge in [0, 0.05) is 12.1 Å². The lowest BCUT2D eigenvalue weighted by molar-refractivity contribution is 0.369. The van der Waals surface area contributed by atoms with E-state index in [1.807, 2.05) is 18.2 Å². The summed E-state index contributed by atoms with van der Waals surface area (Å²) in [6.45, 7) is 1.77. The van der Waals surface area contributed by atoms with Crippen LogP contribution in [0.3, 0.4) is 0 Å². The number of hydrogen-bond donors (Lipinski definition) is 0. The number of nitrogens with zero attached hydrogens (tertiary/aromatic N) is 1. The highest BCUT2D eigenvalue weighted by Gasteiger charge is 2.09. The van der Waals surface area contributed by atoms with Crippen LogP contribution in [0.5, 0.6) is 0 Å². The standard InChI is InChI=1S/C22H25N/c1-23(16-8-11-19-9-4-2-5-10-19)18-20-14-15-21-12-6-3-7-13-22(21)17-20/h2,4-5,9-10,14-15,17H,3,6-7,12-13,16,18H2,1H3. The molecule has 0 heterocycles. The van der Waals surface area contributed by atoms with Crippen LogP contribution in [0.1, 0.15) is 41.5 Å². The smallest absolute Gasteiger partial charge is 0.0605 e. The monoisotopic (exact) mass is 303 g/mol. The third-order valence-corrected chi connectivity index (χ3v) is 4.47. The average Bonchev–Trinajstić information content (AvgIpc) is 2.81. The van der Waals surface area contributed by atoms with Gasteiger partial charge in [0.05, 0.1) is 6.54 Å². The molecule has 0 unspecified atom stereocenters.